The average molecular weight is 1050 g/mol. The number of ether oxygens (including phenoxy) is 3. The third kappa shape index (κ3) is 12.9. The van der Waals surface area contributed by atoms with Crippen LogP contribution in [0.5, 0.6) is 23.0 Å². The molecule has 0 saturated carbocycles. The average Bonchev–Trinajstić information content (AvgIpc) is 4.44. The van der Waals surface area contributed by atoms with Crippen molar-refractivity contribution in [3.05, 3.63) is 264 Å². The highest BCUT2D eigenvalue weighted by molar-refractivity contribution is 6.83. The minimum Gasteiger partial charge on any atom is -0.491 e. The largest absolute Gasteiger partial charge is 0.494 e. The van der Waals surface area contributed by atoms with E-state index in [2.05, 4.69) is 60.7 Å². The van der Waals surface area contributed by atoms with Crippen LogP contribution in [0.3, 0.4) is 0 Å². The molecule has 392 valence electrons. The van der Waals surface area contributed by atoms with Crippen LogP contribution in [0.25, 0.3) is 21.9 Å². The summed E-state index contributed by atoms with van der Waals surface area (Å²) in [4.78, 5) is 0. The Balaban J connectivity index is 0.758. The number of para-hydroxylation sites is 4. The SMILES string of the molecule is c1ccc(OCC2COB(C(=C(B3OCC(Cc4ccccc4Oc4ccccc4CC4COB(C(=C(B5OCC(COc6ccccc6)O5)c5ccccc5)c5ccccc5)O4)O3)c3ccccc3)c3ccccc3)O2)cc1. The summed E-state index contributed by atoms with van der Waals surface area (Å²) in [7, 11) is -2.80. The maximum absolute atomic E-state index is 6.94. The smallest absolute Gasteiger partial charge is 0.491 e. The van der Waals surface area contributed by atoms with Gasteiger partial charge in [0.05, 0.1) is 50.8 Å². The van der Waals surface area contributed by atoms with E-state index < -0.39 is 28.5 Å². The van der Waals surface area contributed by atoms with Crippen molar-refractivity contribution >= 4 is 50.4 Å². The molecule has 4 saturated heterocycles. The molecule has 0 spiro atoms. The van der Waals surface area contributed by atoms with Crippen molar-refractivity contribution in [3.8, 4) is 23.0 Å². The number of rotatable bonds is 20. The van der Waals surface area contributed by atoms with E-state index in [1.54, 1.807) is 0 Å². The molecule has 4 atom stereocenters. The van der Waals surface area contributed by atoms with E-state index in [1.807, 2.05) is 170 Å². The van der Waals surface area contributed by atoms with Crippen LogP contribution in [0.15, 0.2) is 231 Å². The molecule has 15 heteroatoms. The van der Waals surface area contributed by atoms with Crippen molar-refractivity contribution in [1.29, 1.82) is 0 Å². The molecule has 12 rings (SSSR count). The summed E-state index contributed by atoms with van der Waals surface area (Å²) in [5.41, 5.74) is 9.18. The summed E-state index contributed by atoms with van der Waals surface area (Å²) in [6.07, 6.45) is -0.0647. The molecule has 4 aliphatic rings. The Morgan fingerprint density at radius 1 is 0.316 bits per heavy atom. The van der Waals surface area contributed by atoms with Gasteiger partial charge in [-0.3, -0.25) is 0 Å². The van der Waals surface area contributed by atoms with Crippen molar-refractivity contribution in [3.63, 3.8) is 0 Å². The molecule has 79 heavy (non-hydrogen) atoms. The zero-order valence-electron chi connectivity index (χ0n) is 43.7. The molecular weight excluding hydrogens is 988 g/mol. The molecule has 4 aliphatic heterocycles. The van der Waals surface area contributed by atoms with E-state index in [9.17, 15) is 0 Å². The van der Waals surface area contributed by atoms with Gasteiger partial charge in [-0.05, 0) is 91.7 Å². The Labute approximate surface area is 463 Å². The second kappa shape index (κ2) is 25.6. The highest BCUT2D eigenvalue weighted by Crippen LogP contribution is 2.40. The minimum absolute atomic E-state index is 0.284. The van der Waals surface area contributed by atoms with Crippen LogP contribution in [-0.4, -0.2) is 92.5 Å². The van der Waals surface area contributed by atoms with E-state index in [0.717, 1.165) is 78.3 Å². The van der Waals surface area contributed by atoms with Gasteiger partial charge in [-0.15, -0.1) is 0 Å². The zero-order valence-corrected chi connectivity index (χ0v) is 43.7. The molecule has 0 radical (unpaired) electrons. The topological polar surface area (TPSA) is 102 Å². The highest BCUT2D eigenvalue weighted by atomic mass is 16.7. The van der Waals surface area contributed by atoms with Crippen LogP contribution >= 0.6 is 0 Å². The van der Waals surface area contributed by atoms with E-state index in [4.69, 9.17) is 51.4 Å². The fourth-order valence-corrected chi connectivity index (χ4v) is 10.5. The number of hydrogen-bond donors (Lipinski definition) is 0. The summed E-state index contributed by atoms with van der Waals surface area (Å²) >= 11 is 0. The van der Waals surface area contributed by atoms with Gasteiger partial charge in [0.1, 0.15) is 36.2 Å². The fraction of sp³-hybridized carbons (Fsp3) is 0.188. The molecular formula is C64H58B4O11. The first-order valence-electron chi connectivity index (χ1n) is 27.1. The molecule has 0 N–H and O–H groups in total. The van der Waals surface area contributed by atoms with Crippen molar-refractivity contribution < 1.29 is 51.4 Å². The lowest BCUT2D eigenvalue weighted by atomic mass is 9.60. The predicted molar refractivity (Wildman–Crippen MR) is 310 cm³/mol. The zero-order chi connectivity index (χ0) is 53.0. The number of benzene rings is 8. The third-order valence-electron chi connectivity index (χ3n) is 14.3. The van der Waals surface area contributed by atoms with Gasteiger partial charge in [0, 0.05) is 12.8 Å². The second-order valence-corrected chi connectivity index (χ2v) is 19.8. The first-order valence-corrected chi connectivity index (χ1v) is 27.1. The third-order valence-corrected chi connectivity index (χ3v) is 14.3. The molecule has 8 aromatic carbocycles. The predicted octanol–water partition coefficient (Wildman–Crippen LogP) is 11.7. The molecule has 0 aliphatic carbocycles. The van der Waals surface area contributed by atoms with Crippen molar-refractivity contribution in [2.45, 2.75) is 37.3 Å². The van der Waals surface area contributed by atoms with Crippen LogP contribution in [0, 0.1) is 0 Å². The number of hydrogen-bond acceptors (Lipinski definition) is 11. The maximum Gasteiger partial charge on any atom is 0.494 e. The molecule has 0 bridgehead atoms. The lowest BCUT2D eigenvalue weighted by Gasteiger charge is -2.21. The Hall–Kier alpha value is -7.42. The van der Waals surface area contributed by atoms with E-state index >= 15 is 0 Å². The first kappa shape index (κ1) is 52.3. The van der Waals surface area contributed by atoms with Crippen LogP contribution in [0.1, 0.15) is 33.4 Å². The Morgan fingerprint density at radius 2 is 0.582 bits per heavy atom. The van der Waals surface area contributed by atoms with Crippen LogP contribution in [0.4, 0.5) is 0 Å². The summed E-state index contributed by atoms with van der Waals surface area (Å²) in [6.45, 7) is 2.16. The first-order chi connectivity index (χ1) is 39.1. The van der Waals surface area contributed by atoms with Gasteiger partial charge in [-0.2, -0.15) is 0 Å². The lowest BCUT2D eigenvalue weighted by molar-refractivity contribution is 0.148. The van der Waals surface area contributed by atoms with Gasteiger partial charge in [0.2, 0.25) is 0 Å². The van der Waals surface area contributed by atoms with Crippen LogP contribution < -0.4 is 14.2 Å². The summed E-state index contributed by atoms with van der Waals surface area (Å²) in [5.74, 6) is 3.02. The van der Waals surface area contributed by atoms with Gasteiger partial charge in [0.25, 0.3) is 0 Å². The lowest BCUT2D eigenvalue weighted by Crippen LogP contribution is -2.28. The molecule has 4 heterocycles. The maximum atomic E-state index is 6.94. The Morgan fingerprint density at radius 3 is 0.911 bits per heavy atom. The minimum atomic E-state index is -0.712. The summed E-state index contributed by atoms with van der Waals surface area (Å²) < 4.78 is 72.5. The normalized spacial score (nSPS) is 19.8. The monoisotopic (exact) mass is 1050 g/mol. The Bertz CT molecular complexity index is 3070. The molecule has 0 amide bonds. The highest BCUT2D eigenvalue weighted by Gasteiger charge is 2.46. The molecule has 0 aromatic heterocycles. The quantitative estimate of drug-likeness (QED) is 0.0539. The van der Waals surface area contributed by atoms with Gasteiger partial charge in [-0.1, -0.05) is 194 Å². The van der Waals surface area contributed by atoms with Gasteiger partial charge in [0.15, 0.2) is 0 Å². The summed E-state index contributed by atoms with van der Waals surface area (Å²) in [5, 5.41) is 0. The standard InChI is InChI=1S/C64H58B4O11/c1-7-23-47(24-8-1)61(63(49-27-11-3-12-28-49)67-73-45-57(78-67)41-69-53-33-15-5-16-34-53)65-71-43-55(76-65)39-51-31-19-21-37-59(51)75-60-38-22-20-32-52(60)40-56-44-72-66(77-56)62(48-25-9-2-10-26-48)64(50-29-13-4-14-30-50)68-74-46-58(79-68)42-70-54-35-17-6-18-36-54/h1-38,55-58H,39-46H2. The molecule has 4 fully saturated rings. The van der Waals surface area contributed by atoms with E-state index in [0.29, 0.717) is 52.5 Å². The van der Waals surface area contributed by atoms with E-state index in [1.165, 1.54) is 0 Å². The van der Waals surface area contributed by atoms with Gasteiger partial charge >= 0.3 is 28.5 Å². The molecule has 8 aromatic rings. The van der Waals surface area contributed by atoms with E-state index in [-0.39, 0.29) is 24.4 Å². The van der Waals surface area contributed by atoms with Gasteiger partial charge in [-0.25, -0.2) is 0 Å². The Kier molecular flexibility index (Phi) is 16.9. The molecule has 4 unspecified atom stereocenters. The van der Waals surface area contributed by atoms with Crippen molar-refractivity contribution in [1.82, 2.24) is 0 Å². The molecule has 11 nitrogen and oxygen atoms in total. The second-order valence-electron chi connectivity index (χ2n) is 19.8. The van der Waals surface area contributed by atoms with Crippen molar-refractivity contribution in [2.75, 3.05) is 39.6 Å². The van der Waals surface area contributed by atoms with Crippen LogP contribution in [-0.2, 0) is 50.1 Å². The summed E-state index contributed by atoms with van der Waals surface area (Å²) in [6, 6.07) is 76.5. The van der Waals surface area contributed by atoms with Gasteiger partial charge < -0.3 is 51.4 Å². The van der Waals surface area contributed by atoms with Crippen LogP contribution in [0.2, 0.25) is 0 Å². The van der Waals surface area contributed by atoms with Crippen molar-refractivity contribution in [2.24, 2.45) is 0 Å². The fourth-order valence-electron chi connectivity index (χ4n) is 10.5.